The van der Waals surface area contributed by atoms with Gasteiger partial charge in [-0.15, -0.1) is 85.0 Å². The topological polar surface area (TPSA) is 86.3 Å². The molecule has 0 amide bonds. The number of rotatable bonds is 18. The number of unbranched alkanes of at least 4 members (excludes halogenated alkanes) is 9. The highest BCUT2D eigenvalue weighted by Crippen LogP contribution is 2.34. The summed E-state index contributed by atoms with van der Waals surface area (Å²) in [7, 11) is 0. The molecular formula is C33H51Br3N6S3. The number of hydrogen-bond donors (Lipinski definition) is 3. The van der Waals surface area contributed by atoms with Gasteiger partial charge in [0.2, 0.25) is 0 Å². The lowest BCUT2D eigenvalue weighted by Crippen LogP contribution is -2.16. The van der Waals surface area contributed by atoms with Crippen molar-refractivity contribution in [2.45, 2.75) is 117 Å². The van der Waals surface area contributed by atoms with E-state index >= 15 is 0 Å². The molecule has 45 heavy (non-hydrogen) atoms. The third-order valence-electron chi connectivity index (χ3n) is 7.98. The standard InChI is InChI=1S/C33H48N6S3.3BrH/c1-4-7-10-13-16-37-28(22-40-31(37)34)25-19-26(29-23-41-32(35)38(29)17-14-11-8-5-2)21-27(20-25)30-24-42-33(36)39(30)18-15-12-9-6-3;;;/h19-24,34-36H,4-18H2,1-3H3;3*1H. The van der Waals surface area contributed by atoms with Crippen molar-refractivity contribution in [1.82, 2.24) is 13.7 Å². The maximum atomic E-state index is 8.68. The van der Waals surface area contributed by atoms with Crippen molar-refractivity contribution in [1.29, 1.82) is 16.2 Å². The Kier molecular flexibility index (Phi) is 20.3. The van der Waals surface area contributed by atoms with E-state index in [4.69, 9.17) is 16.2 Å². The molecule has 3 aromatic heterocycles. The van der Waals surface area contributed by atoms with Crippen molar-refractivity contribution < 1.29 is 0 Å². The number of nitrogens with one attached hydrogen (secondary N) is 3. The largest absolute Gasteiger partial charge is 0.317 e. The molecule has 0 saturated carbocycles. The molecule has 0 atom stereocenters. The minimum Gasteiger partial charge on any atom is -0.317 e. The second kappa shape index (κ2) is 21.8. The van der Waals surface area contributed by atoms with E-state index in [0.29, 0.717) is 14.4 Å². The van der Waals surface area contributed by atoms with Gasteiger partial charge >= 0.3 is 0 Å². The lowest BCUT2D eigenvalue weighted by molar-refractivity contribution is 0.574. The van der Waals surface area contributed by atoms with Crippen molar-refractivity contribution in [3.05, 3.63) is 48.7 Å². The lowest BCUT2D eigenvalue weighted by atomic mass is 10.00. The number of thiazole rings is 3. The first-order valence-electron chi connectivity index (χ1n) is 15.8. The van der Waals surface area contributed by atoms with Crippen LogP contribution < -0.4 is 14.4 Å². The number of halogens is 3. The van der Waals surface area contributed by atoms with Gasteiger partial charge in [0.05, 0.1) is 17.1 Å². The molecule has 0 saturated heterocycles. The fourth-order valence-electron chi connectivity index (χ4n) is 5.54. The summed E-state index contributed by atoms with van der Waals surface area (Å²) in [5, 5.41) is 32.4. The van der Waals surface area contributed by atoms with Crippen molar-refractivity contribution in [3.63, 3.8) is 0 Å². The average Bonchev–Trinajstić information content (AvgIpc) is 3.67. The summed E-state index contributed by atoms with van der Waals surface area (Å²) in [5.41, 5.74) is 6.61. The van der Waals surface area contributed by atoms with Gasteiger partial charge in [-0.3, -0.25) is 16.2 Å². The summed E-state index contributed by atoms with van der Waals surface area (Å²) < 4.78 is 6.52. The second-order valence-corrected chi connectivity index (χ2v) is 13.8. The minimum atomic E-state index is 0. The first-order valence-corrected chi connectivity index (χ1v) is 18.5. The van der Waals surface area contributed by atoms with E-state index in [-0.39, 0.29) is 50.9 Å². The van der Waals surface area contributed by atoms with Crippen molar-refractivity contribution >= 4 is 85.0 Å². The van der Waals surface area contributed by atoms with E-state index in [0.717, 1.165) is 72.7 Å². The molecule has 4 rings (SSSR count). The predicted molar refractivity (Wildman–Crippen MR) is 211 cm³/mol. The molecule has 6 nitrogen and oxygen atoms in total. The van der Waals surface area contributed by atoms with Crippen LogP contribution in [0.3, 0.4) is 0 Å². The molecule has 252 valence electrons. The summed E-state index contributed by atoms with van der Waals surface area (Å²) in [6.45, 7) is 9.28. The van der Waals surface area contributed by atoms with Crippen LogP contribution in [-0.4, -0.2) is 13.7 Å². The third kappa shape index (κ3) is 11.3. The first-order chi connectivity index (χ1) is 20.5. The molecule has 0 unspecified atom stereocenters. The molecule has 12 heteroatoms. The van der Waals surface area contributed by atoms with E-state index < -0.39 is 0 Å². The molecule has 0 spiro atoms. The van der Waals surface area contributed by atoms with Crippen LogP contribution in [0.1, 0.15) is 97.8 Å². The number of hydrogen-bond acceptors (Lipinski definition) is 6. The maximum Gasteiger partial charge on any atom is 0.182 e. The van der Waals surface area contributed by atoms with Gasteiger partial charge in [0.1, 0.15) is 0 Å². The van der Waals surface area contributed by atoms with Crippen molar-refractivity contribution in [2.24, 2.45) is 0 Å². The van der Waals surface area contributed by atoms with E-state index in [1.165, 1.54) is 91.8 Å². The SMILES string of the molecule is Br.Br.Br.CCCCCCn1c(-c2cc(-c3csc(=N)n3CCCCCC)cc(-c3csc(=N)n3CCCCCC)c2)csc1=N. The van der Waals surface area contributed by atoms with Gasteiger partial charge in [-0.25, -0.2) is 0 Å². The Hall–Kier alpha value is -1.05. The van der Waals surface area contributed by atoms with E-state index in [1.807, 2.05) is 0 Å². The van der Waals surface area contributed by atoms with Gasteiger partial charge in [-0.1, -0.05) is 78.6 Å². The summed E-state index contributed by atoms with van der Waals surface area (Å²) in [6.07, 6.45) is 14.1. The summed E-state index contributed by atoms with van der Waals surface area (Å²) in [5.74, 6) is 0. The molecule has 0 aliphatic rings. The Balaban J connectivity index is 0.00000337. The minimum absolute atomic E-state index is 0. The zero-order chi connectivity index (χ0) is 29.9. The normalized spacial score (nSPS) is 10.7. The molecule has 3 N–H and O–H groups in total. The second-order valence-electron chi connectivity index (χ2n) is 11.2. The highest BCUT2D eigenvalue weighted by Gasteiger charge is 2.17. The fourth-order valence-corrected chi connectivity index (χ4v) is 7.95. The van der Waals surface area contributed by atoms with Crippen molar-refractivity contribution in [3.8, 4) is 33.8 Å². The molecule has 0 bridgehead atoms. The Morgan fingerprint density at radius 1 is 0.444 bits per heavy atom. The van der Waals surface area contributed by atoms with Gasteiger partial charge in [0.15, 0.2) is 14.4 Å². The highest BCUT2D eigenvalue weighted by molar-refractivity contribution is 8.93. The Bertz CT molecular complexity index is 1400. The summed E-state index contributed by atoms with van der Waals surface area (Å²) in [4.78, 5) is 1.79. The van der Waals surface area contributed by atoms with E-state index in [9.17, 15) is 0 Å². The molecule has 3 heterocycles. The maximum absolute atomic E-state index is 8.68. The Labute approximate surface area is 312 Å². The third-order valence-corrected chi connectivity index (χ3v) is 10.3. The molecule has 0 aliphatic heterocycles. The average molecular weight is 868 g/mol. The number of benzene rings is 1. The van der Waals surface area contributed by atoms with Crippen LogP contribution in [0.15, 0.2) is 34.3 Å². The molecule has 0 aliphatic carbocycles. The monoisotopic (exact) mass is 864 g/mol. The van der Waals surface area contributed by atoms with Crippen LogP contribution in [0.2, 0.25) is 0 Å². The fraction of sp³-hybridized carbons (Fsp3) is 0.545. The van der Waals surface area contributed by atoms with Crippen LogP contribution in [0, 0.1) is 16.2 Å². The zero-order valence-electron chi connectivity index (χ0n) is 26.9. The molecule has 0 radical (unpaired) electrons. The zero-order valence-corrected chi connectivity index (χ0v) is 34.5. The van der Waals surface area contributed by atoms with E-state index in [2.05, 4.69) is 68.8 Å². The Morgan fingerprint density at radius 2 is 0.711 bits per heavy atom. The van der Waals surface area contributed by atoms with Gasteiger partial charge in [-0.05, 0) is 37.5 Å². The number of aromatic nitrogens is 3. The highest BCUT2D eigenvalue weighted by atomic mass is 79.9. The quantitative estimate of drug-likeness (QED) is 0.0832. The summed E-state index contributed by atoms with van der Waals surface area (Å²) >= 11 is 4.51. The van der Waals surface area contributed by atoms with Crippen molar-refractivity contribution in [2.75, 3.05) is 0 Å². The van der Waals surface area contributed by atoms with Crippen LogP contribution in [0.4, 0.5) is 0 Å². The van der Waals surface area contributed by atoms with Gasteiger partial charge in [0.25, 0.3) is 0 Å². The first kappa shape index (κ1) is 42.0. The van der Waals surface area contributed by atoms with Gasteiger partial charge < -0.3 is 13.7 Å². The molecule has 4 aromatic rings. The summed E-state index contributed by atoms with van der Waals surface area (Å²) in [6, 6.07) is 6.78. The number of nitrogens with zero attached hydrogens (tertiary/aromatic N) is 3. The predicted octanol–water partition coefficient (Wildman–Crippen LogP) is 11.2. The van der Waals surface area contributed by atoms with Crippen LogP contribution in [-0.2, 0) is 19.6 Å². The molecule has 1 aromatic carbocycles. The molecule has 0 fully saturated rings. The van der Waals surface area contributed by atoms with Crippen LogP contribution in [0.5, 0.6) is 0 Å². The Morgan fingerprint density at radius 3 is 0.956 bits per heavy atom. The lowest BCUT2D eigenvalue weighted by Gasteiger charge is -2.15. The van der Waals surface area contributed by atoms with Crippen LogP contribution in [0.25, 0.3) is 33.8 Å². The van der Waals surface area contributed by atoms with Gasteiger partial charge in [0, 0.05) is 52.5 Å². The van der Waals surface area contributed by atoms with Crippen LogP contribution >= 0.6 is 85.0 Å². The molecular weight excluding hydrogens is 816 g/mol. The van der Waals surface area contributed by atoms with Gasteiger partial charge in [-0.2, -0.15) is 0 Å². The van der Waals surface area contributed by atoms with E-state index in [1.54, 1.807) is 0 Å². The smallest absolute Gasteiger partial charge is 0.182 e.